The van der Waals surface area contributed by atoms with E-state index in [0.29, 0.717) is 11.4 Å². The second kappa shape index (κ2) is 5.77. The molecule has 0 radical (unpaired) electrons. The van der Waals surface area contributed by atoms with Crippen LogP contribution in [-0.4, -0.2) is 29.2 Å². The number of carboxylic acids is 1. The Morgan fingerprint density at radius 2 is 2.30 bits per heavy atom. The monoisotopic (exact) mass is 280 g/mol. The molecule has 1 aliphatic carbocycles. The molecule has 1 unspecified atom stereocenters. The molecule has 108 valence electrons. The van der Waals surface area contributed by atoms with Crippen molar-refractivity contribution in [2.75, 3.05) is 12.4 Å². The number of rotatable bonds is 7. The summed E-state index contributed by atoms with van der Waals surface area (Å²) in [5.41, 5.74) is 0.217. The number of ether oxygens (including phenoxy) is 1. The van der Waals surface area contributed by atoms with E-state index in [2.05, 4.69) is 5.32 Å². The molecule has 0 spiro atoms. The quantitative estimate of drug-likeness (QED) is 0.586. The van der Waals surface area contributed by atoms with Crippen LogP contribution in [0.1, 0.15) is 19.3 Å². The molecule has 0 saturated heterocycles. The molecule has 0 bridgehead atoms. The maximum absolute atomic E-state index is 11.1. The first-order valence-electron chi connectivity index (χ1n) is 6.32. The van der Waals surface area contributed by atoms with E-state index in [1.807, 2.05) is 0 Å². The second-order valence-electron chi connectivity index (χ2n) is 4.83. The van der Waals surface area contributed by atoms with Crippen LogP contribution in [0.15, 0.2) is 18.2 Å². The third-order valence-corrected chi connectivity index (χ3v) is 3.33. The summed E-state index contributed by atoms with van der Waals surface area (Å²) < 4.78 is 4.96. The minimum atomic E-state index is -0.912. The molecule has 1 aliphatic rings. The number of anilines is 1. The van der Waals surface area contributed by atoms with Gasteiger partial charge in [-0.25, -0.2) is 0 Å². The van der Waals surface area contributed by atoms with Gasteiger partial charge in [0, 0.05) is 6.04 Å². The third kappa shape index (κ3) is 3.37. The highest BCUT2D eigenvalue weighted by molar-refractivity contribution is 5.70. The third-order valence-electron chi connectivity index (χ3n) is 3.33. The summed E-state index contributed by atoms with van der Waals surface area (Å²) in [6.45, 7) is 0. The normalized spacial score (nSPS) is 15.4. The molecule has 2 rings (SSSR count). The molecule has 0 heterocycles. The molecule has 1 saturated carbocycles. The number of methoxy groups -OCH3 is 1. The Hall–Kier alpha value is -2.31. The first kappa shape index (κ1) is 14.1. The lowest BCUT2D eigenvalue weighted by Gasteiger charge is -2.17. The van der Waals surface area contributed by atoms with E-state index in [-0.39, 0.29) is 24.1 Å². The number of nitro groups is 1. The van der Waals surface area contributed by atoms with E-state index in [9.17, 15) is 14.9 Å². The second-order valence-corrected chi connectivity index (χ2v) is 4.83. The molecular weight excluding hydrogens is 264 g/mol. The summed E-state index contributed by atoms with van der Waals surface area (Å²) in [5, 5.41) is 23.0. The summed E-state index contributed by atoms with van der Waals surface area (Å²) >= 11 is 0. The van der Waals surface area contributed by atoms with Gasteiger partial charge < -0.3 is 15.2 Å². The molecular formula is C13H16N2O5. The van der Waals surface area contributed by atoms with Gasteiger partial charge in [0.2, 0.25) is 0 Å². The fourth-order valence-corrected chi connectivity index (χ4v) is 2.13. The number of aliphatic carboxylic acids is 1. The molecule has 1 aromatic rings. The van der Waals surface area contributed by atoms with Crippen LogP contribution >= 0.6 is 0 Å². The highest BCUT2D eigenvalue weighted by Gasteiger charge is 2.33. The Labute approximate surface area is 115 Å². The first-order valence-corrected chi connectivity index (χ1v) is 6.32. The van der Waals surface area contributed by atoms with E-state index in [0.717, 1.165) is 12.8 Å². The van der Waals surface area contributed by atoms with E-state index in [1.54, 1.807) is 12.1 Å². The number of carboxylic acid groups (broad SMARTS) is 1. The lowest BCUT2D eigenvalue weighted by molar-refractivity contribution is -0.384. The molecule has 7 heteroatoms. The van der Waals surface area contributed by atoms with Crippen LogP contribution in [0.3, 0.4) is 0 Å². The summed E-state index contributed by atoms with van der Waals surface area (Å²) in [5.74, 6) is -0.248. The van der Waals surface area contributed by atoms with Crippen molar-refractivity contribution in [1.82, 2.24) is 0 Å². The van der Waals surface area contributed by atoms with Crippen LogP contribution in [0.5, 0.6) is 5.75 Å². The Bertz CT molecular complexity index is 527. The van der Waals surface area contributed by atoms with Crippen molar-refractivity contribution < 1.29 is 19.6 Å². The summed E-state index contributed by atoms with van der Waals surface area (Å²) in [6, 6.07) is 4.21. The Kier molecular flexibility index (Phi) is 4.07. The van der Waals surface area contributed by atoms with Crippen molar-refractivity contribution in [2.45, 2.75) is 25.3 Å². The molecule has 1 atom stereocenters. The molecule has 1 fully saturated rings. The molecule has 0 amide bonds. The number of hydrogen-bond donors (Lipinski definition) is 2. The predicted octanol–water partition coefficient (Wildman–Crippen LogP) is 2.27. The molecule has 0 aromatic heterocycles. The Balaban J connectivity index is 2.22. The van der Waals surface area contributed by atoms with Crippen molar-refractivity contribution in [3.8, 4) is 5.75 Å². The van der Waals surface area contributed by atoms with Gasteiger partial charge in [-0.1, -0.05) is 0 Å². The van der Waals surface area contributed by atoms with E-state index < -0.39 is 10.9 Å². The highest BCUT2D eigenvalue weighted by Crippen LogP contribution is 2.38. The topological polar surface area (TPSA) is 102 Å². The highest BCUT2D eigenvalue weighted by atomic mass is 16.6. The van der Waals surface area contributed by atoms with Gasteiger partial charge in [-0.2, -0.15) is 0 Å². The van der Waals surface area contributed by atoms with Gasteiger partial charge in [0.25, 0.3) is 5.69 Å². The minimum Gasteiger partial charge on any atom is -0.496 e. The minimum absolute atomic E-state index is 0.0478. The van der Waals surface area contributed by atoms with Gasteiger partial charge in [-0.15, -0.1) is 0 Å². The molecule has 1 aromatic carbocycles. The number of hydrogen-bond acceptors (Lipinski definition) is 5. The van der Waals surface area contributed by atoms with Crippen LogP contribution in [-0.2, 0) is 4.79 Å². The summed E-state index contributed by atoms with van der Waals surface area (Å²) in [4.78, 5) is 21.4. The first-order chi connectivity index (χ1) is 9.51. The van der Waals surface area contributed by atoms with E-state index in [4.69, 9.17) is 9.84 Å². The maximum Gasteiger partial charge on any atom is 0.305 e. The van der Waals surface area contributed by atoms with Crippen molar-refractivity contribution in [1.29, 1.82) is 0 Å². The Morgan fingerprint density at radius 3 is 2.80 bits per heavy atom. The van der Waals surface area contributed by atoms with Crippen molar-refractivity contribution in [3.63, 3.8) is 0 Å². The SMILES string of the molecule is COc1ccc(NC(CC(=O)O)C2CC2)c([N+](=O)[O-])c1. The fraction of sp³-hybridized carbons (Fsp3) is 0.462. The average Bonchev–Trinajstić information content (AvgIpc) is 3.21. The molecule has 0 aliphatic heterocycles. The molecule has 20 heavy (non-hydrogen) atoms. The van der Waals surface area contributed by atoms with Crippen LogP contribution in [0, 0.1) is 16.0 Å². The van der Waals surface area contributed by atoms with Gasteiger partial charge in [0.15, 0.2) is 0 Å². The maximum atomic E-state index is 11.1. The van der Waals surface area contributed by atoms with Crippen LogP contribution in [0.2, 0.25) is 0 Å². The Morgan fingerprint density at radius 1 is 1.60 bits per heavy atom. The smallest absolute Gasteiger partial charge is 0.305 e. The van der Waals surface area contributed by atoms with Gasteiger partial charge in [0.1, 0.15) is 11.4 Å². The zero-order chi connectivity index (χ0) is 14.7. The van der Waals surface area contributed by atoms with Crippen molar-refractivity contribution in [2.24, 2.45) is 5.92 Å². The van der Waals surface area contributed by atoms with Gasteiger partial charge in [0.05, 0.1) is 24.5 Å². The van der Waals surface area contributed by atoms with Gasteiger partial charge in [-0.3, -0.25) is 14.9 Å². The number of benzene rings is 1. The van der Waals surface area contributed by atoms with Crippen molar-refractivity contribution >= 4 is 17.3 Å². The number of nitrogens with zero attached hydrogens (tertiary/aromatic N) is 1. The average molecular weight is 280 g/mol. The zero-order valence-electron chi connectivity index (χ0n) is 11.0. The largest absolute Gasteiger partial charge is 0.496 e. The standard InChI is InChI=1S/C13H16N2O5/c1-20-9-4-5-10(12(6-9)15(18)19)14-11(7-13(16)17)8-2-3-8/h4-6,8,11,14H,2-3,7H2,1H3,(H,16,17). The van der Waals surface area contributed by atoms with Crippen LogP contribution < -0.4 is 10.1 Å². The number of carbonyl (C=O) groups is 1. The van der Waals surface area contributed by atoms with E-state index in [1.165, 1.54) is 13.2 Å². The van der Waals surface area contributed by atoms with Crippen molar-refractivity contribution in [3.05, 3.63) is 28.3 Å². The van der Waals surface area contributed by atoms with Crippen LogP contribution in [0.4, 0.5) is 11.4 Å². The summed E-state index contributed by atoms with van der Waals surface area (Å²) in [6.07, 6.45) is 1.86. The van der Waals surface area contributed by atoms with Gasteiger partial charge in [-0.05, 0) is 30.9 Å². The van der Waals surface area contributed by atoms with E-state index >= 15 is 0 Å². The lowest BCUT2D eigenvalue weighted by Crippen LogP contribution is -2.25. The predicted molar refractivity (Wildman–Crippen MR) is 72.0 cm³/mol. The molecule has 7 nitrogen and oxygen atoms in total. The summed E-state index contributed by atoms with van der Waals surface area (Å²) in [7, 11) is 1.43. The fourth-order valence-electron chi connectivity index (χ4n) is 2.13. The van der Waals surface area contributed by atoms with Gasteiger partial charge >= 0.3 is 5.97 Å². The molecule has 2 N–H and O–H groups in total. The zero-order valence-corrected chi connectivity index (χ0v) is 11.0. The lowest BCUT2D eigenvalue weighted by atomic mass is 10.1. The number of nitrogens with one attached hydrogen (secondary N) is 1. The number of nitro benzene ring substituents is 1. The van der Waals surface area contributed by atoms with Crippen LogP contribution in [0.25, 0.3) is 0 Å².